The summed E-state index contributed by atoms with van der Waals surface area (Å²) in [6.07, 6.45) is 0.261. The van der Waals surface area contributed by atoms with E-state index in [2.05, 4.69) is 5.32 Å². The van der Waals surface area contributed by atoms with E-state index in [1.165, 1.54) is 7.11 Å². The van der Waals surface area contributed by atoms with Crippen LogP contribution in [0.25, 0.3) is 0 Å². The third-order valence-electron chi connectivity index (χ3n) is 2.97. The molecular formula is C11H18N2O5. The van der Waals surface area contributed by atoms with Gasteiger partial charge in [-0.3, -0.25) is 14.5 Å². The molecule has 0 aromatic carbocycles. The molecule has 1 saturated heterocycles. The number of imide groups is 1. The number of hydrogen-bond donors (Lipinski definition) is 2. The fourth-order valence-corrected chi connectivity index (χ4v) is 2.07. The quantitative estimate of drug-likeness (QED) is 0.686. The minimum absolute atomic E-state index is 0.261. The predicted molar refractivity (Wildman–Crippen MR) is 62.0 cm³/mol. The molecule has 0 spiro atoms. The van der Waals surface area contributed by atoms with Gasteiger partial charge in [0.2, 0.25) is 0 Å². The standard InChI is InChI=1S/C11H18N2O5/c1-10(2,18-4)6-11(3)8(16)13(5-7(14)15)9(17)12-11/h5-6H2,1-4H3,(H,12,17)(H,14,15). The maximum absolute atomic E-state index is 12.1. The van der Waals surface area contributed by atoms with Gasteiger partial charge in [-0.15, -0.1) is 0 Å². The van der Waals surface area contributed by atoms with Crippen LogP contribution in [0.15, 0.2) is 0 Å². The zero-order chi connectivity index (χ0) is 14.1. The van der Waals surface area contributed by atoms with Crippen LogP contribution in [-0.4, -0.2) is 52.7 Å². The maximum atomic E-state index is 12.1. The van der Waals surface area contributed by atoms with E-state index in [1.807, 2.05) is 0 Å². The number of carboxylic acid groups (broad SMARTS) is 1. The molecule has 1 heterocycles. The number of nitrogens with one attached hydrogen (secondary N) is 1. The molecule has 2 N–H and O–H groups in total. The number of ether oxygens (including phenoxy) is 1. The first-order valence-corrected chi connectivity index (χ1v) is 5.52. The summed E-state index contributed by atoms with van der Waals surface area (Å²) < 4.78 is 5.23. The number of nitrogens with zero attached hydrogens (tertiary/aromatic N) is 1. The van der Waals surface area contributed by atoms with E-state index in [0.29, 0.717) is 4.90 Å². The summed E-state index contributed by atoms with van der Waals surface area (Å²) in [4.78, 5) is 35.0. The molecule has 1 aliphatic heterocycles. The molecule has 18 heavy (non-hydrogen) atoms. The Balaban J connectivity index is 2.90. The minimum atomic E-state index is -1.23. The Labute approximate surface area is 105 Å². The van der Waals surface area contributed by atoms with Gasteiger partial charge in [-0.1, -0.05) is 0 Å². The molecule has 7 heteroatoms. The lowest BCUT2D eigenvalue weighted by atomic mass is 9.87. The first-order valence-electron chi connectivity index (χ1n) is 5.52. The normalized spacial score (nSPS) is 24.3. The third-order valence-corrected chi connectivity index (χ3v) is 2.97. The highest BCUT2D eigenvalue weighted by Crippen LogP contribution is 2.28. The van der Waals surface area contributed by atoms with Crippen molar-refractivity contribution in [3.05, 3.63) is 0 Å². The summed E-state index contributed by atoms with van der Waals surface area (Å²) in [5.74, 6) is -1.77. The molecule has 0 radical (unpaired) electrons. The number of urea groups is 1. The third kappa shape index (κ3) is 2.79. The summed E-state index contributed by atoms with van der Waals surface area (Å²) in [5, 5.41) is 11.2. The Bertz CT molecular complexity index is 393. The molecule has 1 atom stereocenters. The molecule has 0 saturated carbocycles. The number of carboxylic acids is 1. The van der Waals surface area contributed by atoms with Gasteiger partial charge >= 0.3 is 12.0 Å². The zero-order valence-electron chi connectivity index (χ0n) is 10.9. The van der Waals surface area contributed by atoms with Crippen LogP contribution in [0.4, 0.5) is 4.79 Å². The van der Waals surface area contributed by atoms with Crippen LogP contribution >= 0.6 is 0 Å². The maximum Gasteiger partial charge on any atom is 0.325 e. The van der Waals surface area contributed by atoms with Crippen LogP contribution in [0.3, 0.4) is 0 Å². The van der Waals surface area contributed by atoms with E-state index in [0.717, 1.165) is 0 Å². The molecular weight excluding hydrogens is 240 g/mol. The van der Waals surface area contributed by atoms with Crippen LogP contribution < -0.4 is 5.32 Å². The highest BCUT2D eigenvalue weighted by molar-refractivity contribution is 6.08. The predicted octanol–water partition coefficient (Wildman–Crippen LogP) is 0.197. The first-order chi connectivity index (χ1) is 8.11. The average molecular weight is 258 g/mol. The molecule has 7 nitrogen and oxygen atoms in total. The van der Waals surface area contributed by atoms with E-state index in [9.17, 15) is 14.4 Å². The smallest absolute Gasteiger partial charge is 0.325 e. The van der Waals surface area contributed by atoms with E-state index in [4.69, 9.17) is 9.84 Å². The number of aliphatic carboxylic acids is 1. The largest absolute Gasteiger partial charge is 0.480 e. The number of hydrogen-bond acceptors (Lipinski definition) is 4. The lowest BCUT2D eigenvalue weighted by Crippen LogP contribution is -2.49. The summed E-state index contributed by atoms with van der Waals surface area (Å²) in [7, 11) is 1.51. The Morgan fingerprint density at radius 2 is 2.06 bits per heavy atom. The van der Waals surface area contributed by atoms with Crippen LogP contribution in [0.1, 0.15) is 27.2 Å². The van der Waals surface area contributed by atoms with Crippen molar-refractivity contribution in [3.63, 3.8) is 0 Å². The van der Waals surface area contributed by atoms with E-state index in [-0.39, 0.29) is 6.42 Å². The van der Waals surface area contributed by atoms with Gasteiger partial charge in [0.1, 0.15) is 12.1 Å². The Hall–Kier alpha value is -1.63. The van der Waals surface area contributed by atoms with E-state index in [1.54, 1.807) is 20.8 Å². The molecule has 102 valence electrons. The van der Waals surface area contributed by atoms with Gasteiger partial charge in [-0.05, 0) is 20.8 Å². The summed E-state index contributed by atoms with van der Waals surface area (Å²) in [5.41, 5.74) is -1.73. The van der Waals surface area contributed by atoms with Gasteiger partial charge in [0.15, 0.2) is 0 Å². The lowest BCUT2D eigenvalue weighted by Gasteiger charge is -2.31. The summed E-state index contributed by atoms with van der Waals surface area (Å²) in [6.45, 7) is 4.51. The van der Waals surface area contributed by atoms with Crippen molar-refractivity contribution in [1.29, 1.82) is 0 Å². The molecule has 1 fully saturated rings. The summed E-state index contributed by atoms with van der Waals surface area (Å²) in [6, 6.07) is -0.684. The molecule has 0 aromatic rings. The second-order valence-corrected chi connectivity index (χ2v) is 5.19. The van der Waals surface area contributed by atoms with Crippen LogP contribution in [-0.2, 0) is 14.3 Å². The molecule has 1 unspecified atom stereocenters. The number of carbonyl (C=O) groups is 3. The van der Waals surface area contributed by atoms with Crippen molar-refractivity contribution < 1.29 is 24.2 Å². The van der Waals surface area contributed by atoms with Crippen molar-refractivity contribution in [2.45, 2.75) is 38.3 Å². The Morgan fingerprint density at radius 3 is 2.50 bits per heavy atom. The SMILES string of the molecule is COC(C)(C)CC1(C)NC(=O)N(CC(=O)O)C1=O. The minimum Gasteiger partial charge on any atom is -0.480 e. The van der Waals surface area contributed by atoms with Crippen LogP contribution in [0.2, 0.25) is 0 Å². The highest BCUT2D eigenvalue weighted by Gasteiger charge is 2.50. The topological polar surface area (TPSA) is 95.9 Å². The van der Waals surface area contributed by atoms with Gasteiger partial charge in [0, 0.05) is 13.5 Å². The number of carbonyl (C=O) groups excluding carboxylic acids is 2. The van der Waals surface area contributed by atoms with E-state index < -0.39 is 35.6 Å². The fourth-order valence-electron chi connectivity index (χ4n) is 2.07. The van der Waals surface area contributed by atoms with Gasteiger partial charge in [0.25, 0.3) is 5.91 Å². The van der Waals surface area contributed by atoms with Crippen molar-refractivity contribution in [3.8, 4) is 0 Å². The highest BCUT2D eigenvalue weighted by atomic mass is 16.5. The summed E-state index contributed by atoms with van der Waals surface area (Å²) >= 11 is 0. The van der Waals surface area contributed by atoms with Crippen LogP contribution in [0.5, 0.6) is 0 Å². The number of rotatable bonds is 5. The number of methoxy groups -OCH3 is 1. The Kier molecular flexibility index (Phi) is 3.66. The van der Waals surface area contributed by atoms with Crippen molar-refractivity contribution in [2.75, 3.05) is 13.7 Å². The Morgan fingerprint density at radius 1 is 1.50 bits per heavy atom. The lowest BCUT2D eigenvalue weighted by molar-refractivity contribution is -0.143. The van der Waals surface area contributed by atoms with Crippen molar-refractivity contribution in [2.24, 2.45) is 0 Å². The average Bonchev–Trinajstić information content (AvgIpc) is 2.41. The van der Waals surface area contributed by atoms with Crippen molar-refractivity contribution in [1.82, 2.24) is 10.2 Å². The molecule has 3 amide bonds. The fraction of sp³-hybridized carbons (Fsp3) is 0.727. The van der Waals surface area contributed by atoms with Crippen LogP contribution in [0, 0.1) is 0 Å². The monoisotopic (exact) mass is 258 g/mol. The second kappa shape index (κ2) is 4.56. The zero-order valence-corrected chi connectivity index (χ0v) is 10.9. The van der Waals surface area contributed by atoms with Gasteiger partial charge in [-0.25, -0.2) is 4.79 Å². The molecule has 0 aromatic heterocycles. The molecule has 1 aliphatic rings. The van der Waals surface area contributed by atoms with Crippen molar-refractivity contribution >= 4 is 17.9 Å². The second-order valence-electron chi connectivity index (χ2n) is 5.19. The molecule has 0 aliphatic carbocycles. The van der Waals surface area contributed by atoms with E-state index >= 15 is 0 Å². The van der Waals surface area contributed by atoms with Gasteiger partial charge in [-0.2, -0.15) is 0 Å². The van der Waals surface area contributed by atoms with Gasteiger partial charge < -0.3 is 15.2 Å². The molecule has 0 bridgehead atoms. The number of amides is 3. The molecule has 1 rings (SSSR count). The van der Waals surface area contributed by atoms with Gasteiger partial charge in [0.05, 0.1) is 5.60 Å². The first kappa shape index (κ1) is 14.4.